The fourth-order valence-corrected chi connectivity index (χ4v) is 2.26. The number of nitrogens with zero attached hydrogens (tertiary/aromatic N) is 2. The molecule has 7 nitrogen and oxygen atoms in total. The Balaban J connectivity index is 1.98. The van der Waals surface area contributed by atoms with Crippen molar-refractivity contribution < 1.29 is 14.5 Å². The fourth-order valence-electron chi connectivity index (χ4n) is 2.26. The van der Waals surface area contributed by atoms with Crippen molar-refractivity contribution in [2.75, 3.05) is 18.9 Å². The SMILES string of the molecule is C#Cc1cccc(NC(=O)CN(C)C(=O)/C=C/c2ccccc2[N+](=O)[O-])c1. The van der Waals surface area contributed by atoms with E-state index in [1.807, 2.05) is 0 Å². The molecule has 7 heteroatoms. The Labute approximate surface area is 156 Å². The highest BCUT2D eigenvalue weighted by Gasteiger charge is 2.13. The lowest BCUT2D eigenvalue weighted by molar-refractivity contribution is -0.385. The van der Waals surface area contributed by atoms with Crippen LogP contribution in [0.3, 0.4) is 0 Å². The first-order valence-corrected chi connectivity index (χ1v) is 7.94. The van der Waals surface area contributed by atoms with Crippen LogP contribution < -0.4 is 5.32 Å². The smallest absolute Gasteiger partial charge is 0.276 e. The molecule has 136 valence electrons. The minimum absolute atomic E-state index is 0.102. The topological polar surface area (TPSA) is 92.6 Å². The average molecular weight is 363 g/mol. The first kappa shape index (κ1) is 19.4. The van der Waals surface area contributed by atoms with Crippen LogP contribution in [0.1, 0.15) is 11.1 Å². The van der Waals surface area contributed by atoms with E-state index in [0.717, 1.165) is 0 Å². The van der Waals surface area contributed by atoms with Crippen molar-refractivity contribution in [2.24, 2.45) is 0 Å². The van der Waals surface area contributed by atoms with E-state index in [0.29, 0.717) is 16.8 Å². The molecule has 0 saturated carbocycles. The summed E-state index contributed by atoms with van der Waals surface area (Å²) in [6.45, 7) is -0.180. The first-order valence-electron chi connectivity index (χ1n) is 7.94. The van der Waals surface area contributed by atoms with Gasteiger partial charge in [0.2, 0.25) is 11.8 Å². The van der Waals surface area contributed by atoms with Gasteiger partial charge in [-0.1, -0.05) is 24.1 Å². The second-order valence-corrected chi connectivity index (χ2v) is 5.62. The van der Waals surface area contributed by atoms with Gasteiger partial charge in [0.15, 0.2) is 0 Å². The maximum atomic E-state index is 12.1. The standard InChI is InChI=1S/C20H17N3O4/c1-3-15-7-6-9-17(13-15)21-19(24)14-22(2)20(25)12-11-16-8-4-5-10-18(16)23(26)27/h1,4-13H,14H2,2H3,(H,21,24)/b12-11+. The number of benzene rings is 2. The number of para-hydroxylation sites is 1. The van der Waals surface area contributed by atoms with Crippen molar-refractivity contribution in [1.29, 1.82) is 0 Å². The van der Waals surface area contributed by atoms with Gasteiger partial charge in [-0.25, -0.2) is 0 Å². The molecule has 2 aromatic carbocycles. The van der Waals surface area contributed by atoms with Gasteiger partial charge in [0.25, 0.3) is 5.69 Å². The highest BCUT2D eigenvalue weighted by molar-refractivity contribution is 5.98. The molecule has 0 aliphatic carbocycles. The van der Waals surface area contributed by atoms with E-state index >= 15 is 0 Å². The van der Waals surface area contributed by atoms with Gasteiger partial charge in [-0.3, -0.25) is 19.7 Å². The van der Waals surface area contributed by atoms with Crippen molar-refractivity contribution in [1.82, 2.24) is 4.90 Å². The maximum absolute atomic E-state index is 12.1. The molecule has 0 atom stereocenters. The van der Waals surface area contributed by atoms with Crippen molar-refractivity contribution in [2.45, 2.75) is 0 Å². The van der Waals surface area contributed by atoms with E-state index in [-0.39, 0.29) is 18.1 Å². The van der Waals surface area contributed by atoms with Crippen LogP contribution in [0.2, 0.25) is 0 Å². The molecule has 0 aliphatic rings. The van der Waals surface area contributed by atoms with Crippen LogP contribution >= 0.6 is 0 Å². The maximum Gasteiger partial charge on any atom is 0.276 e. The number of hydrogen-bond acceptors (Lipinski definition) is 4. The predicted octanol–water partition coefficient (Wildman–Crippen LogP) is 2.69. The highest BCUT2D eigenvalue weighted by Crippen LogP contribution is 2.19. The van der Waals surface area contributed by atoms with Gasteiger partial charge in [-0.2, -0.15) is 0 Å². The van der Waals surface area contributed by atoms with Crippen LogP contribution in [0, 0.1) is 22.5 Å². The molecule has 0 bridgehead atoms. The van der Waals surface area contributed by atoms with Crippen LogP contribution in [0.25, 0.3) is 6.08 Å². The normalized spacial score (nSPS) is 10.2. The molecule has 0 heterocycles. The van der Waals surface area contributed by atoms with Gasteiger partial charge in [0.05, 0.1) is 17.0 Å². The third kappa shape index (κ3) is 5.54. The Kier molecular flexibility index (Phi) is 6.44. The molecule has 0 aromatic heterocycles. The molecule has 27 heavy (non-hydrogen) atoms. The molecular weight excluding hydrogens is 346 g/mol. The van der Waals surface area contributed by atoms with Gasteiger partial charge in [-0.15, -0.1) is 6.42 Å². The van der Waals surface area contributed by atoms with E-state index in [1.54, 1.807) is 36.4 Å². The molecule has 2 aromatic rings. The average Bonchev–Trinajstić information content (AvgIpc) is 2.66. The summed E-state index contributed by atoms with van der Waals surface area (Å²) in [7, 11) is 1.46. The van der Waals surface area contributed by atoms with Crippen molar-refractivity contribution in [3.05, 3.63) is 75.8 Å². The van der Waals surface area contributed by atoms with Gasteiger partial charge in [-0.05, 0) is 30.3 Å². The zero-order valence-electron chi connectivity index (χ0n) is 14.6. The predicted molar refractivity (Wildman–Crippen MR) is 103 cm³/mol. The molecule has 0 saturated heterocycles. The number of anilines is 1. The molecule has 0 spiro atoms. The van der Waals surface area contributed by atoms with Crippen LogP contribution in [0.15, 0.2) is 54.6 Å². The van der Waals surface area contributed by atoms with Crippen molar-refractivity contribution >= 4 is 29.3 Å². The Hall–Kier alpha value is -3.92. The zero-order valence-corrected chi connectivity index (χ0v) is 14.6. The second-order valence-electron chi connectivity index (χ2n) is 5.62. The number of terminal acetylenes is 1. The summed E-state index contributed by atoms with van der Waals surface area (Å²) in [4.78, 5) is 35.9. The molecule has 0 fully saturated rings. The van der Waals surface area contributed by atoms with Crippen molar-refractivity contribution in [3.63, 3.8) is 0 Å². The number of likely N-dealkylation sites (N-methyl/N-ethyl adjacent to an activating group) is 1. The monoisotopic (exact) mass is 363 g/mol. The molecule has 1 N–H and O–H groups in total. The van der Waals surface area contributed by atoms with Gasteiger partial charge in [0, 0.05) is 30.4 Å². The molecular formula is C20H17N3O4. The number of nitro groups is 1. The van der Waals surface area contributed by atoms with E-state index in [9.17, 15) is 19.7 Å². The number of amides is 2. The minimum atomic E-state index is -0.522. The fraction of sp³-hybridized carbons (Fsp3) is 0.100. The Morgan fingerprint density at radius 3 is 2.70 bits per heavy atom. The van der Waals surface area contributed by atoms with E-state index < -0.39 is 10.8 Å². The summed E-state index contributed by atoms with van der Waals surface area (Å²) in [5.41, 5.74) is 1.37. The van der Waals surface area contributed by atoms with Crippen molar-refractivity contribution in [3.8, 4) is 12.3 Å². The highest BCUT2D eigenvalue weighted by atomic mass is 16.6. The van der Waals surface area contributed by atoms with E-state index in [4.69, 9.17) is 6.42 Å². The Morgan fingerprint density at radius 1 is 1.26 bits per heavy atom. The number of carbonyl (C=O) groups excluding carboxylic acids is 2. The minimum Gasteiger partial charge on any atom is -0.333 e. The molecule has 2 rings (SSSR count). The van der Waals surface area contributed by atoms with E-state index in [2.05, 4.69) is 11.2 Å². The lowest BCUT2D eigenvalue weighted by atomic mass is 10.1. The summed E-state index contributed by atoms with van der Waals surface area (Å²) in [6, 6.07) is 12.9. The zero-order chi connectivity index (χ0) is 19.8. The van der Waals surface area contributed by atoms with Gasteiger partial charge < -0.3 is 10.2 Å². The third-order valence-electron chi connectivity index (χ3n) is 3.61. The summed E-state index contributed by atoms with van der Waals surface area (Å²) < 4.78 is 0. The Morgan fingerprint density at radius 2 is 2.00 bits per heavy atom. The van der Waals surface area contributed by atoms with Crippen LogP contribution in [-0.2, 0) is 9.59 Å². The molecule has 0 aliphatic heterocycles. The number of nitro benzene ring substituents is 1. The summed E-state index contributed by atoms with van der Waals surface area (Å²) in [6.07, 6.45) is 7.86. The number of nitrogens with one attached hydrogen (secondary N) is 1. The van der Waals surface area contributed by atoms with Crippen LogP contribution in [0.5, 0.6) is 0 Å². The number of hydrogen-bond donors (Lipinski definition) is 1. The first-order chi connectivity index (χ1) is 12.9. The quantitative estimate of drug-likeness (QED) is 0.370. The van der Waals surface area contributed by atoms with Crippen LogP contribution in [0.4, 0.5) is 11.4 Å². The summed E-state index contributed by atoms with van der Waals surface area (Å²) >= 11 is 0. The molecule has 0 unspecified atom stereocenters. The van der Waals surface area contributed by atoms with Gasteiger partial charge >= 0.3 is 0 Å². The lowest BCUT2D eigenvalue weighted by Gasteiger charge is -2.15. The lowest BCUT2D eigenvalue weighted by Crippen LogP contribution is -2.33. The molecule has 0 radical (unpaired) electrons. The molecule has 2 amide bonds. The second kappa shape index (κ2) is 8.97. The Bertz CT molecular complexity index is 944. The summed E-state index contributed by atoms with van der Waals surface area (Å²) in [5, 5.41) is 13.6. The largest absolute Gasteiger partial charge is 0.333 e. The van der Waals surface area contributed by atoms with E-state index in [1.165, 1.54) is 36.2 Å². The third-order valence-corrected chi connectivity index (χ3v) is 3.61. The van der Waals surface area contributed by atoms with Crippen LogP contribution in [-0.4, -0.2) is 35.2 Å². The summed E-state index contributed by atoms with van der Waals surface area (Å²) in [5.74, 6) is 1.62. The van der Waals surface area contributed by atoms with Gasteiger partial charge in [0.1, 0.15) is 0 Å². The number of carbonyl (C=O) groups is 2. The number of rotatable bonds is 6.